The predicted molar refractivity (Wildman–Crippen MR) is 85.6 cm³/mol. The second kappa shape index (κ2) is 5.60. The molecule has 5 heteroatoms. The van der Waals surface area contributed by atoms with Crippen LogP contribution in [0.15, 0.2) is 24.3 Å². The number of carboxylic acid groups (broad SMARTS) is 1. The van der Waals surface area contributed by atoms with Gasteiger partial charge in [0.1, 0.15) is 16.5 Å². The fourth-order valence-corrected chi connectivity index (χ4v) is 11.9. The average molecular weight is 296 g/mol. The number of carbonyl (C=O) groups is 1. The first-order valence-corrected chi connectivity index (χ1v) is 13.5. The zero-order valence-electron chi connectivity index (χ0n) is 12.8. The highest BCUT2D eigenvalue weighted by Gasteiger charge is 2.34. The van der Waals surface area contributed by atoms with E-state index < -0.39 is 22.4 Å². The molecule has 19 heavy (non-hydrogen) atoms. The van der Waals surface area contributed by atoms with Gasteiger partial charge in [-0.25, -0.2) is 4.79 Å². The van der Waals surface area contributed by atoms with E-state index in [0.717, 1.165) is 12.1 Å². The van der Waals surface area contributed by atoms with E-state index in [2.05, 4.69) is 43.5 Å². The molecule has 3 nitrogen and oxygen atoms in total. The highest BCUT2D eigenvalue weighted by atomic mass is 28.4. The second-order valence-electron chi connectivity index (χ2n) is 6.89. The van der Waals surface area contributed by atoms with Crippen LogP contribution in [-0.4, -0.2) is 31.8 Å². The van der Waals surface area contributed by atoms with Gasteiger partial charge in [0.2, 0.25) is 0 Å². The summed E-state index contributed by atoms with van der Waals surface area (Å²) >= 11 is 0. The number of aromatic carboxylic acids is 1. The standard InChI is InChI=1S/C14H25NO2Si2/c1-18(2,3)15(19(4,5)6)11-12-9-7-8-10-13(12)14(16)17/h7-10H,11H2,1-6H3,(H,16,17). The normalized spacial score (nSPS) is 12.8. The van der Waals surface area contributed by atoms with Gasteiger partial charge in [0.05, 0.1) is 5.56 Å². The Morgan fingerprint density at radius 2 is 1.53 bits per heavy atom. The molecule has 0 unspecified atom stereocenters. The molecule has 0 bridgehead atoms. The van der Waals surface area contributed by atoms with E-state index in [1.54, 1.807) is 12.1 Å². The Labute approximate surface area is 118 Å². The lowest BCUT2D eigenvalue weighted by Gasteiger charge is -2.43. The lowest BCUT2D eigenvalue weighted by Crippen LogP contribution is -2.58. The molecule has 0 atom stereocenters. The first-order valence-electron chi connectivity index (χ1n) is 6.62. The molecule has 1 N–H and O–H groups in total. The summed E-state index contributed by atoms with van der Waals surface area (Å²) in [6.45, 7) is 14.7. The summed E-state index contributed by atoms with van der Waals surface area (Å²) in [4.78, 5) is 11.3. The molecular weight excluding hydrogens is 270 g/mol. The van der Waals surface area contributed by atoms with Crippen LogP contribution in [0.2, 0.25) is 39.3 Å². The van der Waals surface area contributed by atoms with Gasteiger partial charge in [-0.15, -0.1) is 0 Å². The Morgan fingerprint density at radius 1 is 1.05 bits per heavy atom. The SMILES string of the molecule is C[Si](C)(C)N(Cc1ccccc1C(=O)O)[Si](C)(C)C. The molecule has 0 amide bonds. The molecule has 0 heterocycles. The van der Waals surface area contributed by atoms with Crippen molar-refractivity contribution in [3.63, 3.8) is 0 Å². The number of benzene rings is 1. The molecule has 1 rings (SSSR count). The monoisotopic (exact) mass is 295 g/mol. The third-order valence-electron chi connectivity index (χ3n) is 3.20. The summed E-state index contributed by atoms with van der Waals surface area (Å²) in [7, 11) is -2.92. The van der Waals surface area contributed by atoms with Gasteiger partial charge in [0, 0.05) is 6.54 Å². The van der Waals surface area contributed by atoms with Crippen molar-refractivity contribution in [3.8, 4) is 0 Å². The third kappa shape index (κ3) is 4.29. The van der Waals surface area contributed by atoms with Crippen molar-refractivity contribution >= 4 is 22.4 Å². The molecule has 0 aliphatic heterocycles. The largest absolute Gasteiger partial charge is 0.478 e. The molecular formula is C14H25NO2Si2. The van der Waals surface area contributed by atoms with Crippen LogP contribution < -0.4 is 0 Å². The molecule has 0 saturated heterocycles. The summed E-state index contributed by atoms with van der Waals surface area (Å²) in [6, 6.07) is 7.36. The molecule has 0 fully saturated rings. The van der Waals surface area contributed by atoms with Crippen molar-refractivity contribution < 1.29 is 9.90 Å². The highest BCUT2D eigenvalue weighted by molar-refractivity contribution is 6.89. The number of hydrogen-bond acceptors (Lipinski definition) is 2. The molecule has 0 radical (unpaired) electrons. The maximum absolute atomic E-state index is 11.3. The molecule has 0 aliphatic carbocycles. The first kappa shape index (κ1) is 16.1. The number of hydrogen-bond donors (Lipinski definition) is 1. The molecule has 106 valence electrons. The van der Waals surface area contributed by atoms with Gasteiger partial charge >= 0.3 is 5.97 Å². The van der Waals surface area contributed by atoms with E-state index in [1.807, 2.05) is 12.1 Å². The van der Waals surface area contributed by atoms with E-state index in [1.165, 1.54) is 0 Å². The van der Waals surface area contributed by atoms with Gasteiger partial charge in [-0.3, -0.25) is 0 Å². The van der Waals surface area contributed by atoms with Gasteiger partial charge in [-0.2, -0.15) is 0 Å². The molecule has 1 aromatic carbocycles. The van der Waals surface area contributed by atoms with E-state index in [4.69, 9.17) is 0 Å². The lowest BCUT2D eigenvalue weighted by atomic mass is 10.1. The fourth-order valence-electron chi connectivity index (χ4n) is 2.52. The van der Waals surface area contributed by atoms with E-state index in [-0.39, 0.29) is 0 Å². The van der Waals surface area contributed by atoms with Crippen LogP contribution in [0.1, 0.15) is 15.9 Å². The molecule has 0 saturated carbocycles. The second-order valence-corrected chi connectivity index (χ2v) is 17.1. The van der Waals surface area contributed by atoms with Gasteiger partial charge in [-0.05, 0) is 11.6 Å². The average Bonchev–Trinajstić information content (AvgIpc) is 2.23. The summed E-state index contributed by atoms with van der Waals surface area (Å²) in [5.41, 5.74) is 1.36. The molecule has 0 aromatic heterocycles. The summed E-state index contributed by atoms with van der Waals surface area (Å²) < 4.78 is 2.60. The number of nitrogens with zero attached hydrogens (tertiary/aromatic N) is 1. The lowest BCUT2D eigenvalue weighted by molar-refractivity contribution is 0.0695. The first-order chi connectivity index (χ1) is 8.53. The topological polar surface area (TPSA) is 40.5 Å². The Balaban J connectivity index is 3.15. The van der Waals surface area contributed by atoms with Crippen molar-refractivity contribution in [3.05, 3.63) is 35.4 Å². The maximum atomic E-state index is 11.3. The Bertz CT molecular complexity index is 447. The van der Waals surface area contributed by atoms with Crippen molar-refractivity contribution in [1.82, 2.24) is 4.23 Å². The molecule has 0 aliphatic rings. The maximum Gasteiger partial charge on any atom is 0.336 e. The van der Waals surface area contributed by atoms with E-state index in [9.17, 15) is 9.90 Å². The van der Waals surface area contributed by atoms with Gasteiger partial charge in [0.25, 0.3) is 0 Å². The quantitative estimate of drug-likeness (QED) is 0.839. The van der Waals surface area contributed by atoms with Crippen LogP contribution in [-0.2, 0) is 6.54 Å². The van der Waals surface area contributed by atoms with E-state index >= 15 is 0 Å². The van der Waals surface area contributed by atoms with Crippen LogP contribution >= 0.6 is 0 Å². The minimum absolute atomic E-state index is 0.434. The van der Waals surface area contributed by atoms with Gasteiger partial charge < -0.3 is 9.34 Å². The molecule has 1 aromatic rings. The number of carboxylic acids is 1. The summed E-state index contributed by atoms with van der Waals surface area (Å²) in [5, 5.41) is 9.29. The molecule has 0 spiro atoms. The minimum Gasteiger partial charge on any atom is -0.478 e. The van der Waals surface area contributed by atoms with Crippen LogP contribution in [0.25, 0.3) is 0 Å². The number of rotatable bonds is 5. The van der Waals surface area contributed by atoms with E-state index in [0.29, 0.717) is 5.56 Å². The highest BCUT2D eigenvalue weighted by Crippen LogP contribution is 2.24. The fraction of sp³-hybridized carbons (Fsp3) is 0.500. The summed E-state index contributed by atoms with van der Waals surface area (Å²) in [6.07, 6.45) is 0. The van der Waals surface area contributed by atoms with Crippen molar-refractivity contribution in [1.29, 1.82) is 0 Å². The third-order valence-corrected chi connectivity index (χ3v) is 10.8. The van der Waals surface area contributed by atoms with Crippen LogP contribution in [0.3, 0.4) is 0 Å². The predicted octanol–water partition coefficient (Wildman–Crippen LogP) is 3.86. The van der Waals surface area contributed by atoms with Crippen LogP contribution in [0.4, 0.5) is 0 Å². The zero-order valence-corrected chi connectivity index (χ0v) is 14.8. The Hall–Kier alpha value is -0.916. The van der Waals surface area contributed by atoms with Crippen molar-refractivity contribution in [2.45, 2.75) is 45.8 Å². The van der Waals surface area contributed by atoms with Crippen LogP contribution in [0.5, 0.6) is 0 Å². The van der Waals surface area contributed by atoms with Crippen molar-refractivity contribution in [2.75, 3.05) is 0 Å². The Morgan fingerprint density at radius 3 is 1.95 bits per heavy atom. The Kier molecular flexibility index (Phi) is 4.76. The van der Waals surface area contributed by atoms with Gasteiger partial charge in [-0.1, -0.05) is 57.5 Å². The smallest absolute Gasteiger partial charge is 0.336 e. The van der Waals surface area contributed by atoms with Crippen molar-refractivity contribution in [2.24, 2.45) is 0 Å². The van der Waals surface area contributed by atoms with Gasteiger partial charge in [0.15, 0.2) is 0 Å². The zero-order chi connectivity index (χ0) is 14.8. The minimum atomic E-state index is -1.46. The summed E-state index contributed by atoms with van der Waals surface area (Å²) in [5.74, 6) is -0.832. The van der Waals surface area contributed by atoms with Crippen LogP contribution in [0, 0.1) is 0 Å².